The van der Waals surface area contributed by atoms with Crippen molar-refractivity contribution in [1.29, 1.82) is 0 Å². The fraction of sp³-hybridized carbons (Fsp3) is 0.939. The highest BCUT2D eigenvalue weighted by Gasteiger charge is 2.19. The third-order valence-electron chi connectivity index (χ3n) is 11.0. The van der Waals surface area contributed by atoms with Crippen molar-refractivity contribution < 1.29 is 28.6 Å². The van der Waals surface area contributed by atoms with Crippen molar-refractivity contribution in [1.82, 2.24) is 0 Å². The van der Waals surface area contributed by atoms with Gasteiger partial charge in [0.1, 0.15) is 13.2 Å². The molecule has 0 radical (unpaired) electrons. The van der Waals surface area contributed by atoms with Crippen LogP contribution in [0.1, 0.15) is 272 Å². The molecule has 55 heavy (non-hydrogen) atoms. The maximum Gasteiger partial charge on any atom is 0.306 e. The quantitative estimate of drug-likeness (QED) is 0.0348. The highest BCUT2D eigenvalue weighted by atomic mass is 16.6. The lowest BCUT2D eigenvalue weighted by molar-refractivity contribution is -0.167. The molecule has 0 aliphatic carbocycles. The van der Waals surface area contributed by atoms with Crippen molar-refractivity contribution in [2.24, 2.45) is 5.92 Å². The molecule has 0 saturated carbocycles. The van der Waals surface area contributed by atoms with Gasteiger partial charge in [0.25, 0.3) is 0 Å². The highest BCUT2D eigenvalue weighted by molar-refractivity contribution is 5.71. The smallest absolute Gasteiger partial charge is 0.306 e. The lowest BCUT2D eigenvalue weighted by atomic mass is 10.0. The molecule has 326 valence electrons. The summed E-state index contributed by atoms with van der Waals surface area (Å²) in [6.45, 7) is 8.98. The van der Waals surface area contributed by atoms with Gasteiger partial charge in [0, 0.05) is 19.3 Å². The van der Waals surface area contributed by atoms with Gasteiger partial charge in [-0.15, -0.1) is 0 Å². The first-order chi connectivity index (χ1) is 26.9. The van der Waals surface area contributed by atoms with E-state index in [1.807, 2.05) is 0 Å². The number of ether oxygens (including phenoxy) is 3. The van der Waals surface area contributed by atoms with E-state index in [2.05, 4.69) is 27.7 Å². The van der Waals surface area contributed by atoms with E-state index >= 15 is 0 Å². The van der Waals surface area contributed by atoms with Crippen molar-refractivity contribution in [2.75, 3.05) is 13.2 Å². The van der Waals surface area contributed by atoms with Gasteiger partial charge in [0.2, 0.25) is 0 Å². The van der Waals surface area contributed by atoms with Gasteiger partial charge in [-0.05, 0) is 25.2 Å². The van der Waals surface area contributed by atoms with Crippen molar-refractivity contribution >= 4 is 17.9 Å². The summed E-state index contributed by atoms with van der Waals surface area (Å²) in [6, 6.07) is 0. The molecule has 0 aromatic rings. The van der Waals surface area contributed by atoms with Gasteiger partial charge in [0.05, 0.1) is 0 Å². The standard InChI is InChI=1S/C49H94O6/c1-5-7-9-11-13-15-17-18-19-20-21-25-28-32-36-40-47(50)53-43-46(55-49(52)42-38-34-30-24-16-14-12-10-8-6-2)44-54-48(51)41-37-33-29-26-22-23-27-31-35-39-45(3)4/h45-46H,5-44H2,1-4H3/t46-/m1/s1. The molecule has 0 saturated heterocycles. The van der Waals surface area contributed by atoms with Crippen molar-refractivity contribution in [2.45, 2.75) is 278 Å². The molecule has 0 rings (SSSR count). The number of carbonyl (C=O) groups excluding carboxylic acids is 3. The third-order valence-corrected chi connectivity index (χ3v) is 11.0. The van der Waals surface area contributed by atoms with Crippen LogP contribution in [0, 0.1) is 5.92 Å². The molecular weight excluding hydrogens is 685 g/mol. The van der Waals surface area contributed by atoms with Crippen molar-refractivity contribution in [3.63, 3.8) is 0 Å². The van der Waals surface area contributed by atoms with Crippen LogP contribution < -0.4 is 0 Å². The molecule has 0 fully saturated rings. The molecule has 1 atom stereocenters. The average molecular weight is 779 g/mol. The average Bonchev–Trinajstić information content (AvgIpc) is 3.17. The molecule has 0 aromatic carbocycles. The van der Waals surface area contributed by atoms with Crippen LogP contribution in [0.2, 0.25) is 0 Å². The Kier molecular flexibility index (Phi) is 42.3. The van der Waals surface area contributed by atoms with Crippen molar-refractivity contribution in [3.8, 4) is 0 Å². The summed E-state index contributed by atoms with van der Waals surface area (Å²) < 4.78 is 16.7. The maximum absolute atomic E-state index is 12.7. The molecule has 0 spiro atoms. The van der Waals surface area contributed by atoms with Crippen LogP contribution in [0.5, 0.6) is 0 Å². The molecule has 0 heterocycles. The number of unbranched alkanes of at least 4 members (excludes halogenated alkanes) is 31. The van der Waals surface area contributed by atoms with Gasteiger partial charge in [-0.1, -0.05) is 233 Å². The summed E-state index contributed by atoms with van der Waals surface area (Å²) in [6.07, 6.45) is 43.7. The monoisotopic (exact) mass is 779 g/mol. The Morgan fingerprint density at radius 2 is 0.600 bits per heavy atom. The van der Waals surface area contributed by atoms with Gasteiger partial charge in [-0.3, -0.25) is 14.4 Å². The van der Waals surface area contributed by atoms with E-state index < -0.39 is 6.10 Å². The minimum Gasteiger partial charge on any atom is -0.462 e. The third kappa shape index (κ3) is 43.4. The summed E-state index contributed by atoms with van der Waals surface area (Å²) in [5.74, 6) is -0.0425. The second-order valence-corrected chi connectivity index (χ2v) is 17.2. The Morgan fingerprint density at radius 1 is 0.345 bits per heavy atom. The topological polar surface area (TPSA) is 78.9 Å². The normalized spacial score (nSPS) is 11.9. The first kappa shape index (κ1) is 53.4. The molecule has 0 aliphatic heterocycles. The molecule has 0 aliphatic rings. The lowest BCUT2D eigenvalue weighted by Crippen LogP contribution is -2.30. The Balaban J connectivity index is 4.28. The largest absolute Gasteiger partial charge is 0.462 e. The van der Waals surface area contributed by atoms with Crippen LogP contribution in [0.3, 0.4) is 0 Å². The first-order valence-electron chi connectivity index (χ1n) is 24.4. The van der Waals surface area contributed by atoms with Crippen LogP contribution in [0.25, 0.3) is 0 Å². The fourth-order valence-electron chi connectivity index (χ4n) is 7.33. The van der Waals surface area contributed by atoms with Gasteiger partial charge >= 0.3 is 17.9 Å². The summed E-state index contributed by atoms with van der Waals surface area (Å²) in [5.41, 5.74) is 0. The van der Waals surface area contributed by atoms with Gasteiger partial charge < -0.3 is 14.2 Å². The van der Waals surface area contributed by atoms with E-state index in [9.17, 15) is 14.4 Å². The SMILES string of the molecule is CCCCCCCCCCCCCCCCCC(=O)OC[C@H](COC(=O)CCCCCCCCCCCC(C)C)OC(=O)CCCCCCCCCCCC. The number of carbonyl (C=O) groups is 3. The van der Waals surface area contributed by atoms with E-state index in [0.717, 1.165) is 63.7 Å². The zero-order valence-electron chi connectivity index (χ0n) is 37.4. The van der Waals surface area contributed by atoms with Gasteiger partial charge in [-0.25, -0.2) is 0 Å². The minimum absolute atomic E-state index is 0.0634. The second-order valence-electron chi connectivity index (χ2n) is 17.2. The second kappa shape index (κ2) is 43.5. The van der Waals surface area contributed by atoms with Crippen molar-refractivity contribution in [3.05, 3.63) is 0 Å². The Morgan fingerprint density at radius 3 is 0.891 bits per heavy atom. The van der Waals surface area contributed by atoms with Crippen LogP contribution in [0.15, 0.2) is 0 Å². The zero-order valence-corrected chi connectivity index (χ0v) is 37.4. The predicted molar refractivity (Wildman–Crippen MR) is 233 cm³/mol. The molecular formula is C49H94O6. The summed E-state index contributed by atoms with van der Waals surface area (Å²) in [4.78, 5) is 37.8. The van der Waals surface area contributed by atoms with E-state index in [4.69, 9.17) is 14.2 Å². The van der Waals surface area contributed by atoms with Gasteiger partial charge in [0.15, 0.2) is 6.10 Å². The number of rotatable bonds is 44. The minimum atomic E-state index is -0.759. The van der Waals surface area contributed by atoms with E-state index in [1.165, 1.54) is 167 Å². The molecule has 6 nitrogen and oxygen atoms in total. The van der Waals surface area contributed by atoms with Crippen LogP contribution in [0.4, 0.5) is 0 Å². The first-order valence-corrected chi connectivity index (χ1v) is 24.4. The van der Waals surface area contributed by atoms with E-state index in [1.54, 1.807) is 0 Å². The summed E-state index contributed by atoms with van der Waals surface area (Å²) >= 11 is 0. The Bertz CT molecular complexity index is 826. The van der Waals surface area contributed by atoms with Crippen LogP contribution >= 0.6 is 0 Å². The summed E-state index contributed by atoms with van der Waals surface area (Å²) in [5, 5.41) is 0. The molecule has 0 N–H and O–H groups in total. The molecule has 0 amide bonds. The Labute approximate surface area is 342 Å². The molecule has 0 aromatic heterocycles. The maximum atomic E-state index is 12.7. The van der Waals surface area contributed by atoms with E-state index in [-0.39, 0.29) is 31.1 Å². The molecule has 6 heteroatoms. The summed E-state index contributed by atoms with van der Waals surface area (Å²) in [7, 11) is 0. The lowest BCUT2D eigenvalue weighted by Gasteiger charge is -2.18. The Hall–Kier alpha value is -1.59. The van der Waals surface area contributed by atoms with Crippen LogP contribution in [-0.2, 0) is 28.6 Å². The van der Waals surface area contributed by atoms with E-state index in [0.29, 0.717) is 19.3 Å². The number of hydrogen-bond donors (Lipinski definition) is 0. The predicted octanol–water partition coefficient (Wildman–Crippen LogP) is 15.5. The fourth-order valence-corrected chi connectivity index (χ4v) is 7.33. The van der Waals surface area contributed by atoms with Gasteiger partial charge in [-0.2, -0.15) is 0 Å². The number of esters is 3. The van der Waals surface area contributed by atoms with Crippen LogP contribution in [-0.4, -0.2) is 37.2 Å². The zero-order chi connectivity index (χ0) is 40.3. The number of hydrogen-bond acceptors (Lipinski definition) is 6. The molecule has 0 bridgehead atoms. The highest BCUT2D eigenvalue weighted by Crippen LogP contribution is 2.16. The molecule has 0 unspecified atom stereocenters.